The number of aryl methyl sites for hydroxylation is 1. The van der Waals surface area contributed by atoms with Crippen LogP contribution in [0.25, 0.3) is 0 Å². The normalized spacial score (nSPS) is 10.1. The van der Waals surface area contributed by atoms with Crippen molar-refractivity contribution in [3.63, 3.8) is 0 Å². The van der Waals surface area contributed by atoms with Crippen LogP contribution in [-0.4, -0.2) is 19.7 Å². The lowest BCUT2D eigenvalue weighted by atomic mass is 10.2. The van der Waals surface area contributed by atoms with Crippen LogP contribution in [0.15, 0.2) is 18.5 Å². The van der Waals surface area contributed by atoms with Crippen LogP contribution < -0.4 is 5.32 Å². The highest BCUT2D eigenvalue weighted by Gasteiger charge is 2.16. The van der Waals surface area contributed by atoms with E-state index in [1.807, 2.05) is 20.0 Å². The largest absolute Gasteiger partial charge is 0.360 e. The summed E-state index contributed by atoms with van der Waals surface area (Å²) in [5.41, 5.74) is 1.83. The summed E-state index contributed by atoms with van der Waals surface area (Å²) in [6.45, 7) is 2.28. The molecule has 0 spiro atoms. The molecule has 1 N–H and O–H groups in total. The number of nitriles is 1. The van der Waals surface area contributed by atoms with E-state index in [1.165, 1.54) is 12.3 Å². The van der Waals surface area contributed by atoms with E-state index in [4.69, 9.17) is 5.26 Å². The molecule has 0 saturated carbocycles. The van der Waals surface area contributed by atoms with E-state index in [1.54, 1.807) is 10.9 Å². The monoisotopic (exact) mass is 272 g/mol. The van der Waals surface area contributed by atoms with Gasteiger partial charge in [-0.1, -0.05) is 0 Å². The van der Waals surface area contributed by atoms with E-state index < -0.39 is 4.92 Å². The lowest BCUT2D eigenvalue weighted by molar-refractivity contribution is -0.384. The quantitative estimate of drug-likeness (QED) is 0.667. The van der Waals surface area contributed by atoms with E-state index in [-0.39, 0.29) is 17.1 Å². The minimum absolute atomic E-state index is 0.136. The first-order valence-electron chi connectivity index (χ1n) is 5.78. The molecule has 2 heterocycles. The third-order valence-corrected chi connectivity index (χ3v) is 2.98. The number of hydrogen-bond donors (Lipinski definition) is 1. The van der Waals surface area contributed by atoms with Crippen molar-refractivity contribution in [1.29, 1.82) is 5.26 Å². The summed E-state index contributed by atoms with van der Waals surface area (Å²) < 4.78 is 1.72. The van der Waals surface area contributed by atoms with E-state index in [0.717, 1.165) is 11.3 Å². The fourth-order valence-electron chi connectivity index (χ4n) is 1.69. The molecule has 0 amide bonds. The van der Waals surface area contributed by atoms with E-state index in [2.05, 4.69) is 15.4 Å². The SMILES string of the molecule is Cc1c(CNc2ncc(C#N)cc2[N+](=O)[O-])cnn1C. The standard InChI is InChI=1S/C12H12N6O2/c1-8-10(7-16-17(8)2)6-15-12-11(18(19)20)3-9(4-13)5-14-12/h3,5,7H,6H2,1-2H3,(H,14,15). The van der Waals surface area contributed by atoms with Crippen LogP contribution >= 0.6 is 0 Å². The van der Waals surface area contributed by atoms with Crippen molar-refractivity contribution in [2.45, 2.75) is 13.5 Å². The van der Waals surface area contributed by atoms with Crippen LogP contribution in [0.1, 0.15) is 16.8 Å². The Hall–Kier alpha value is -2.95. The van der Waals surface area contributed by atoms with Crippen LogP contribution in [0.5, 0.6) is 0 Å². The van der Waals surface area contributed by atoms with Gasteiger partial charge in [-0.15, -0.1) is 0 Å². The van der Waals surface area contributed by atoms with Gasteiger partial charge in [-0.25, -0.2) is 4.98 Å². The lowest BCUT2D eigenvalue weighted by Crippen LogP contribution is -2.06. The van der Waals surface area contributed by atoms with Gasteiger partial charge in [-0.05, 0) is 6.92 Å². The molecule has 8 heteroatoms. The molecule has 102 valence electrons. The third-order valence-electron chi connectivity index (χ3n) is 2.98. The molecule has 2 aromatic rings. The average Bonchev–Trinajstić information content (AvgIpc) is 2.76. The number of nitro groups is 1. The Balaban J connectivity index is 2.23. The Kier molecular flexibility index (Phi) is 3.61. The number of rotatable bonds is 4. The van der Waals surface area contributed by atoms with E-state index in [9.17, 15) is 10.1 Å². The third kappa shape index (κ3) is 2.56. The molecule has 0 fully saturated rings. The summed E-state index contributed by atoms with van der Waals surface area (Å²) >= 11 is 0. The smallest absolute Gasteiger partial charge is 0.312 e. The fourth-order valence-corrected chi connectivity index (χ4v) is 1.69. The molecule has 0 bridgehead atoms. The molecule has 2 rings (SSSR count). The summed E-state index contributed by atoms with van der Waals surface area (Å²) in [7, 11) is 1.82. The first kappa shape index (κ1) is 13.5. The maximum atomic E-state index is 11.0. The zero-order valence-corrected chi connectivity index (χ0v) is 11.0. The summed E-state index contributed by atoms with van der Waals surface area (Å²) in [5, 5.41) is 26.7. The number of pyridine rings is 1. The molecular formula is C12H12N6O2. The Morgan fingerprint density at radius 1 is 1.55 bits per heavy atom. The van der Waals surface area contributed by atoms with Crippen molar-refractivity contribution in [2.75, 3.05) is 5.32 Å². The molecular weight excluding hydrogens is 260 g/mol. The van der Waals surface area contributed by atoms with Gasteiger partial charge in [0, 0.05) is 37.1 Å². The highest BCUT2D eigenvalue weighted by Crippen LogP contribution is 2.23. The Bertz CT molecular complexity index is 700. The van der Waals surface area contributed by atoms with Gasteiger partial charge in [0.1, 0.15) is 6.07 Å². The number of hydrogen-bond acceptors (Lipinski definition) is 6. The summed E-state index contributed by atoms with van der Waals surface area (Å²) in [6.07, 6.45) is 2.99. The van der Waals surface area contributed by atoms with Gasteiger partial charge in [-0.3, -0.25) is 14.8 Å². The molecule has 0 radical (unpaired) electrons. The molecule has 0 aliphatic rings. The van der Waals surface area contributed by atoms with Crippen molar-refractivity contribution in [3.05, 3.63) is 45.4 Å². The van der Waals surface area contributed by atoms with Gasteiger partial charge in [0.05, 0.1) is 16.7 Å². The average molecular weight is 272 g/mol. The fraction of sp³-hybridized carbons (Fsp3) is 0.250. The van der Waals surface area contributed by atoms with Gasteiger partial charge < -0.3 is 5.32 Å². The predicted molar refractivity (Wildman–Crippen MR) is 70.9 cm³/mol. The summed E-state index contributed by atoms with van der Waals surface area (Å²) in [5.74, 6) is 0.136. The summed E-state index contributed by atoms with van der Waals surface area (Å²) in [6, 6.07) is 3.03. The first-order valence-corrected chi connectivity index (χ1v) is 5.78. The zero-order valence-electron chi connectivity index (χ0n) is 11.0. The van der Waals surface area contributed by atoms with Gasteiger partial charge in [0.25, 0.3) is 0 Å². The molecule has 0 aliphatic heterocycles. The number of nitrogens with zero attached hydrogens (tertiary/aromatic N) is 5. The van der Waals surface area contributed by atoms with E-state index >= 15 is 0 Å². The number of nitrogens with one attached hydrogen (secondary N) is 1. The van der Waals surface area contributed by atoms with Crippen molar-refractivity contribution in [1.82, 2.24) is 14.8 Å². The minimum Gasteiger partial charge on any atom is -0.360 e. The van der Waals surface area contributed by atoms with Crippen molar-refractivity contribution in [2.24, 2.45) is 7.05 Å². The predicted octanol–water partition coefficient (Wildman–Crippen LogP) is 1.52. The Labute approximate surface area is 114 Å². The van der Waals surface area contributed by atoms with Gasteiger partial charge in [0.2, 0.25) is 5.82 Å². The van der Waals surface area contributed by atoms with Crippen LogP contribution in [-0.2, 0) is 13.6 Å². The van der Waals surface area contributed by atoms with Crippen molar-refractivity contribution in [3.8, 4) is 6.07 Å². The molecule has 0 aromatic carbocycles. The second-order valence-corrected chi connectivity index (χ2v) is 4.19. The molecule has 0 unspecified atom stereocenters. The molecule has 0 aliphatic carbocycles. The molecule has 0 saturated heterocycles. The Morgan fingerprint density at radius 2 is 2.30 bits per heavy atom. The molecule has 20 heavy (non-hydrogen) atoms. The van der Waals surface area contributed by atoms with Crippen molar-refractivity contribution >= 4 is 11.5 Å². The van der Waals surface area contributed by atoms with Crippen LogP contribution in [0.3, 0.4) is 0 Å². The highest BCUT2D eigenvalue weighted by atomic mass is 16.6. The van der Waals surface area contributed by atoms with Crippen molar-refractivity contribution < 1.29 is 4.92 Å². The van der Waals surface area contributed by atoms with Crippen LogP contribution in [0, 0.1) is 28.4 Å². The second-order valence-electron chi connectivity index (χ2n) is 4.19. The highest BCUT2D eigenvalue weighted by molar-refractivity contribution is 5.58. The second kappa shape index (κ2) is 5.36. The maximum Gasteiger partial charge on any atom is 0.312 e. The molecule has 8 nitrogen and oxygen atoms in total. The topological polar surface area (TPSA) is 110 Å². The number of anilines is 1. The molecule has 2 aromatic heterocycles. The first-order chi connectivity index (χ1) is 9.52. The lowest BCUT2D eigenvalue weighted by Gasteiger charge is -2.06. The van der Waals surface area contributed by atoms with Crippen LogP contribution in [0.2, 0.25) is 0 Å². The van der Waals surface area contributed by atoms with Crippen LogP contribution in [0.4, 0.5) is 11.5 Å². The Morgan fingerprint density at radius 3 is 2.85 bits per heavy atom. The maximum absolute atomic E-state index is 11.0. The minimum atomic E-state index is -0.563. The van der Waals surface area contributed by atoms with Gasteiger partial charge >= 0.3 is 5.69 Å². The summed E-state index contributed by atoms with van der Waals surface area (Å²) in [4.78, 5) is 14.3. The zero-order chi connectivity index (χ0) is 14.7. The van der Waals surface area contributed by atoms with Gasteiger partial charge in [0.15, 0.2) is 0 Å². The molecule has 0 atom stereocenters. The number of aromatic nitrogens is 3. The van der Waals surface area contributed by atoms with E-state index in [0.29, 0.717) is 6.54 Å². The van der Waals surface area contributed by atoms with Gasteiger partial charge in [-0.2, -0.15) is 10.4 Å².